The standard InChI is InChI=1S/C13H18ClFN2O/c1-8-2-5-13(18-8)12(17-16)6-9-3-4-10(14)7-11(9)15/h3-4,7-8,12-13,17H,2,5-6,16H2,1H3. The molecule has 3 N–H and O–H groups in total. The van der Waals surface area contributed by atoms with Crippen LogP contribution in [0.4, 0.5) is 4.39 Å². The van der Waals surface area contributed by atoms with E-state index in [9.17, 15) is 4.39 Å². The highest BCUT2D eigenvalue weighted by Gasteiger charge is 2.29. The van der Waals surface area contributed by atoms with Crippen LogP contribution in [0.2, 0.25) is 5.02 Å². The van der Waals surface area contributed by atoms with Crippen LogP contribution in [0, 0.1) is 5.82 Å². The number of ether oxygens (including phenoxy) is 1. The van der Waals surface area contributed by atoms with Crippen molar-refractivity contribution < 1.29 is 9.13 Å². The lowest BCUT2D eigenvalue weighted by Crippen LogP contribution is -2.45. The summed E-state index contributed by atoms with van der Waals surface area (Å²) in [6.07, 6.45) is 2.76. The number of rotatable bonds is 4. The molecule has 0 aliphatic carbocycles. The summed E-state index contributed by atoms with van der Waals surface area (Å²) in [6, 6.07) is 4.62. The molecule has 1 aliphatic heterocycles. The van der Waals surface area contributed by atoms with Gasteiger partial charge in [-0.05, 0) is 43.9 Å². The lowest BCUT2D eigenvalue weighted by molar-refractivity contribution is 0.0319. The number of nitrogens with one attached hydrogen (secondary N) is 1. The van der Waals surface area contributed by atoms with Crippen molar-refractivity contribution in [3.63, 3.8) is 0 Å². The van der Waals surface area contributed by atoms with Crippen LogP contribution < -0.4 is 11.3 Å². The Kier molecular flexibility index (Phi) is 4.56. The molecule has 1 fully saturated rings. The Morgan fingerprint density at radius 1 is 1.56 bits per heavy atom. The lowest BCUT2D eigenvalue weighted by Gasteiger charge is -2.23. The predicted molar refractivity (Wildman–Crippen MR) is 69.8 cm³/mol. The van der Waals surface area contributed by atoms with Gasteiger partial charge in [-0.15, -0.1) is 0 Å². The van der Waals surface area contributed by atoms with Crippen LogP contribution in [0.1, 0.15) is 25.3 Å². The molecule has 0 radical (unpaired) electrons. The highest BCUT2D eigenvalue weighted by molar-refractivity contribution is 6.30. The van der Waals surface area contributed by atoms with Crippen molar-refractivity contribution >= 4 is 11.6 Å². The molecule has 3 unspecified atom stereocenters. The number of hydrogen-bond acceptors (Lipinski definition) is 3. The van der Waals surface area contributed by atoms with E-state index in [0.717, 1.165) is 12.8 Å². The first-order chi connectivity index (χ1) is 8.60. The molecule has 0 amide bonds. The molecule has 0 spiro atoms. The molecular weight excluding hydrogens is 255 g/mol. The minimum atomic E-state index is -0.297. The third-order valence-corrected chi connectivity index (χ3v) is 3.62. The Hall–Kier alpha value is -0.680. The van der Waals surface area contributed by atoms with E-state index in [1.165, 1.54) is 6.07 Å². The average Bonchev–Trinajstić information content (AvgIpc) is 2.75. The van der Waals surface area contributed by atoms with Crippen molar-refractivity contribution in [2.24, 2.45) is 5.84 Å². The second-order valence-corrected chi connectivity index (χ2v) is 5.21. The van der Waals surface area contributed by atoms with Crippen LogP contribution in [0.15, 0.2) is 18.2 Å². The van der Waals surface area contributed by atoms with E-state index < -0.39 is 0 Å². The van der Waals surface area contributed by atoms with E-state index in [0.29, 0.717) is 17.0 Å². The van der Waals surface area contributed by atoms with E-state index in [2.05, 4.69) is 5.43 Å². The van der Waals surface area contributed by atoms with Gasteiger partial charge in [0, 0.05) is 5.02 Å². The van der Waals surface area contributed by atoms with E-state index in [1.54, 1.807) is 12.1 Å². The normalized spacial score (nSPS) is 25.3. The molecule has 0 saturated carbocycles. The minimum absolute atomic E-state index is 0.0417. The van der Waals surface area contributed by atoms with Gasteiger partial charge in [0.25, 0.3) is 0 Å². The molecule has 1 saturated heterocycles. The second-order valence-electron chi connectivity index (χ2n) is 4.78. The first-order valence-corrected chi connectivity index (χ1v) is 6.53. The largest absolute Gasteiger partial charge is 0.374 e. The highest BCUT2D eigenvalue weighted by Crippen LogP contribution is 2.24. The van der Waals surface area contributed by atoms with Gasteiger partial charge in [-0.3, -0.25) is 11.3 Å². The highest BCUT2D eigenvalue weighted by atomic mass is 35.5. The first-order valence-electron chi connectivity index (χ1n) is 6.15. The average molecular weight is 273 g/mol. The van der Waals surface area contributed by atoms with Gasteiger partial charge >= 0.3 is 0 Å². The molecule has 3 atom stereocenters. The van der Waals surface area contributed by atoms with Crippen LogP contribution in [-0.2, 0) is 11.2 Å². The Balaban J connectivity index is 2.05. The molecule has 5 heteroatoms. The maximum absolute atomic E-state index is 13.7. The summed E-state index contributed by atoms with van der Waals surface area (Å²) in [7, 11) is 0. The van der Waals surface area contributed by atoms with Crippen LogP contribution >= 0.6 is 11.6 Å². The van der Waals surface area contributed by atoms with Gasteiger partial charge in [0.15, 0.2) is 0 Å². The van der Waals surface area contributed by atoms with E-state index in [-0.39, 0.29) is 24.1 Å². The summed E-state index contributed by atoms with van der Waals surface area (Å²) in [5, 5.41) is 0.402. The second kappa shape index (κ2) is 5.97. The monoisotopic (exact) mass is 272 g/mol. The Labute approximate surface area is 111 Å². The van der Waals surface area contributed by atoms with Crippen molar-refractivity contribution in [2.75, 3.05) is 0 Å². The van der Waals surface area contributed by atoms with E-state index in [4.69, 9.17) is 22.2 Å². The number of hydrazine groups is 1. The summed E-state index contributed by atoms with van der Waals surface area (Å²) >= 11 is 5.73. The van der Waals surface area contributed by atoms with E-state index >= 15 is 0 Å². The fourth-order valence-electron chi connectivity index (χ4n) is 2.35. The predicted octanol–water partition coefficient (Wildman–Crippen LogP) is 2.42. The summed E-state index contributed by atoms with van der Waals surface area (Å²) in [6.45, 7) is 2.04. The van der Waals surface area contributed by atoms with Gasteiger partial charge in [0.2, 0.25) is 0 Å². The number of nitrogens with two attached hydrogens (primary N) is 1. The van der Waals surface area contributed by atoms with Gasteiger partial charge in [-0.25, -0.2) is 4.39 Å². The maximum Gasteiger partial charge on any atom is 0.127 e. The summed E-state index contributed by atoms with van der Waals surface area (Å²) < 4.78 is 19.5. The van der Waals surface area contributed by atoms with Gasteiger partial charge in [-0.2, -0.15) is 0 Å². The zero-order valence-corrected chi connectivity index (χ0v) is 11.1. The van der Waals surface area contributed by atoms with Crippen LogP contribution in [0.3, 0.4) is 0 Å². The van der Waals surface area contributed by atoms with Crippen LogP contribution in [-0.4, -0.2) is 18.2 Å². The molecule has 0 bridgehead atoms. The number of halogens is 2. The SMILES string of the molecule is CC1CCC(C(Cc2ccc(Cl)cc2F)NN)O1. The summed E-state index contributed by atoms with van der Waals surface area (Å²) in [5.74, 6) is 5.25. The van der Waals surface area contributed by atoms with Gasteiger partial charge in [0.05, 0.1) is 18.2 Å². The fraction of sp³-hybridized carbons (Fsp3) is 0.538. The topological polar surface area (TPSA) is 47.3 Å². The molecule has 0 aromatic heterocycles. The molecule has 1 aromatic rings. The molecule has 18 heavy (non-hydrogen) atoms. The van der Waals surface area contributed by atoms with Crippen molar-refractivity contribution in [1.82, 2.24) is 5.43 Å². The molecule has 1 aromatic carbocycles. The fourth-order valence-corrected chi connectivity index (χ4v) is 2.51. The van der Waals surface area contributed by atoms with Crippen LogP contribution in [0.5, 0.6) is 0 Å². The Morgan fingerprint density at radius 2 is 2.33 bits per heavy atom. The zero-order chi connectivity index (χ0) is 13.1. The molecular formula is C13H18ClFN2O. The van der Waals surface area contributed by atoms with Crippen molar-refractivity contribution in [3.05, 3.63) is 34.6 Å². The first kappa shape index (κ1) is 13.7. The quantitative estimate of drug-likeness (QED) is 0.654. The number of benzene rings is 1. The Bertz CT molecular complexity index is 416. The number of hydrogen-bond donors (Lipinski definition) is 2. The molecule has 3 nitrogen and oxygen atoms in total. The third kappa shape index (κ3) is 3.20. The van der Waals surface area contributed by atoms with Gasteiger partial charge in [-0.1, -0.05) is 17.7 Å². The van der Waals surface area contributed by atoms with Crippen molar-refractivity contribution in [3.8, 4) is 0 Å². The molecule has 1 heterocycles. The summed E-state index contributed by atoms with van der Waals surface area (Å²) in [5.41, 5.74) is 3.33. The smallest absolute Gasteiger partial charge is 0.127 e. The zero-order valence-electron chi connectivity index (χ0n) is 10.3. The van der Waals surface area contributed by atoms with Gasteiger partial charge in [0.1, 0.15) is 5.82 Å². The lowest BCUT2D eigenvalue weighted by atomic mass is 9.99. The molecule has 2 rings (SSSR count). The van der Waals surface area contributed by atoms with Crippen molar-refractivity contribution in [1.29, 1.82) is 0 Å². The Morgan fingerprint density at radius 3 is 2.89 bits per heavy atom. The van der Waals surface area contributed by atoms with Crippen molar-refractivity contribution in [2.45, 2.75) is 44.4 Å². The van der Waals surface area contributed by atoms with Crippen LogP contribution in [0.25, 0.3) is 0 Å². The van der Waals surface area contributed by atoms with Gasteiger partial charge < -0.3 is 4.74 Å². The summed E-state index contributed by atoms with van der Waals surface area (Å²) in [4.78, 5) is 0. The van der Waals surface area contributed by atoms with E-state index in [1.807, 2.05) is 6.92 Å². The molecule has 100 valence electrons. The third-order valence-electron chi connectivity index (χ3n) is 3.38. The maximum atomic E-state index is 13.7. The minimum Gasteiger partial charge on any atom is -0.374 e. The molecule has 1 aliphatic rings.